The molecule has 3 rings (SSSR count). The van der Waals surface area contributed by atoms with Crippen molar-refractivity contribution in [3.8, 4) is 0 Å². The van der Waals surface area contributed by atoms with E-state index in [1.807, 2.05) is 0 Å². The molecule has 2 heteroatoms. The summed E-state index contributed by atoms with van der Waals surface area (Å²) in [6.45, 7) is 8.63. The monoisotopic (exact) mass is 358 g/mol. The largest absolute Gasteiger partial charge is 0.205 e. The number of rotatable bonds is 6. The summed E-state index contributed by atoms with van der Waals surface area (Å²) in [7, 11) is 0. The molecule has 0 aliphatic heterocycles. The van der Waals surface area contributed by atoms with Crippen LogP contribution < -0.4 is 9.13 Å². The first kappa shape index (κ1) is 19.0. The van der Waals surface area contributed by atoms with Crippen LogP contribution in [0.25, 0.3) is 12.2 Å². The van der Waals surface area contributed by atoms with Gasteiger partial charge in [0.15, 0.2) is 24.8 Å². The molecule has 0 aromatic carbocycles. The number of allylic oxidation sites excluding steroid dienone is 6. The molecule has 2 heterocycles. The zero-order chi connectivity index (χ0) is 19.1. The topological polar surface area (TPSA) is 7.76 Å². The van der Waals surface area contributed by atoms with Crippen LogP contribution in [0.15, 0.2) is 85.0 Å². The standard InChI is InChI=1S/C25H30N2/c1-4-26-17-13-22(14-18-26)9-11-24-7-6-8-25(21(24)3)12-10-23-15-19-27(5-2)20-16-23/h6-21,24H,4-5H2,1-3H3/q+2. The molecule has 1 aliphatic carbocycles. The highest BCUT2D eigenvalue weighted by molar-refractivity contribution is 5.54. The van der Waals surface area contributed by atoms with Gasteiger partial charge < -0.3 is 0 Å². The van der Waals surface area contributed by atoms with Crippen LogP contribution in [0.4, 0.5) is 0 Å². The lowest BCUT2D eigenvalue weighted by Crippen LogP contribution is -2.30. The number of pyridine rings is 2. The van der Waals surface area contributed by atoms with Gasteiger partial charge in [-0.25, -0.2) is 9.13 Å². The van der Waals surface area contributed by atoms with Gasteiger partial charge in [-0.1, -0.05) is 49.5 Å². The second-order valence-corrected chi connectivity index (χ2v) is 7.03. The lowest BCUT2D eigenvalue weighted by Gasteiger charge is -2.22. The molecule has 0 radical (unpaired) electrons. The SMILES string of the molecule is CC[n+]1ccc(C=CC2=CC=CC(C=Cc3cc[n+](CC)cc3)C2C)cc1. The molecule has 2 aromatic heterocycles. The van der Waals surface area contributed by atoms with Crippen molar-refractivity contribution < 1.29 is 9.13 Å². The molecule has 2 atom stereocenters. The Kier molecular flexibility index (Phi) is 6.54. The van der Waals surface area contributed by atoms with Gasteiger partial charge in [0.1, 0.15) is 13.1 Å². The molecular formula is C25H30N2+2. The van der Waals surface area contributed by atoms with Crippen LogP contribution in [0.2, 0.25) is 0 Å². The van der Waals surface area contributed by atoms with Crippen LogP contribution in [0.1, 0.15) is 31.9 Å². The fourth-order valence-electron chi connectivity index (χ4n) is 3.27. The van der Waals surface area contributed by atoms with Crippen molar-refractivity contribution >= 4 is 12.2 Å². The number of hydrogen-bond acceptors (Lipinski definition) is 0. The number of aryl methyl sites for hydroxylation is 2. The van der Waals surface area contributed by atoms with E-state index in [1.54, 1.807) is 0 Å². The van der Waals surface area contributed by atoms with E-state index in [2.05, 4.69) is 121 Å². The third kappa shape index (κ3) is 5.13. The van der Waals surface area contributed by atoms with Crippen molar-refractivity contribution in [1.82, 2.24) is 0 Å². The number of nitrogens with zero attached hydrogens (tertiary/aromatic N) is 2. The summed E-state index contributed by atoms with van der Waals surface area (Å²) in [5.74, 6) is 0.891. The van der Waals surface area contributed by atoms with E-state index in [0.29, 0.717) is 11.8 Å². The van der Waals surface area contributed by atoms with Crippen LogP contribution in [0.3, 0.4) is 0 Å². The predicted molar refractivity (Wildman–Crippen MR) is 113 cm³/mol. The molecule has 0 N–H and O–H groups in total. The summed E-state index contributed by atoms with van der Waals surface area (Å²) in [5, 5.41) is 0. The van der Waals surface area contributed by atoms with Crippen molar-refractivity contribution in [3.63, 3.8) is 0 Å². The second-order valence-electron chi connectivity index (χ2n) is 7.03. The molecule has 1 aliphatic rings. The first-order chi connectivity index (χ1) is 13.2. The molecule has 0 spiro atoms. The first-order valence-electron chi connectivity index (χ1n) is 9.92. The molecule has 2 aromatic rings. The van der Waals surface area contributed by atoms with Gasteiger partial charge in [-0.2, -0.15) is 0 Å². The number of hydrogen-bond donors (Lipinski definition) is 0. The van der Waals surface area contributed by atoms with Gasteiger partial charge in [-0.3, -0.25) is 0 Å². The van der Waals surface area contributed by atoms with Gasteiger partial charge >= 0.3 is 0 Å². The highest BCUT2D eigenvalue weighted by atomic mass is 14.9. The first-order valence-corrected chi connectivity index (χ1v) is 9.92. The molecule has 0 saturated heterocycles. The Balaban J connectivity index is 1.66. The van der Waals surface area contributed by atoms with E-state index >= 15 is 0 Å². The molecule has 2 unspecified atom stereocenters. The summed E-state index contributed by atoms with van der Waals surface area (Å²) in [6, 6.07) is 8.68. The minimum absolute atomic E-state index is 0.422. The third-order valence-corrected chi connectivity index (χ3v) is 5.27. The minimum atomic E-state index is 0.422. The molecular weight excluding hydrogens is 328 g/mol. The van der Waals surface area contributed by atoms with Crippen LogP contribution in [-0.2, 0) is 13.1 Å². The summed E-state index contributed by atoms with van der Waals surface area (Å²) >= 11 is 0. The van der Waals surface area contributed by atoms with Gasteiger partial charge in [-0.05, 0) is 36.5 Å². The lowest BCUT2D eigenvalue weighted by molar-refractivity contribution is -0.693. The third-order valence-electron chi connectivity index (χ3n) is 5.27. The molecule has 0 bridgehead atoms. The highest BCUT2D eigenvalue weighted by Crippen LogP contribution is 2.29. The van der Waals surface area contributed by atoms with E-state index in [4.69, 9.17) is 0 Å². The second kappa shape index (κ2) is 9.27. The van der Waals surface area contributed by atoms with Crippen molar-refractivity contribution in [3.05, 3.63) is 96.1 Å². The quantitative estimate of drug-likeness (QED) is 0.657. The van der Waals surface area contributed by atoms with Gasteiger partial charge in [0.2, 0.25) is 0 Å². The van der Waals surface area contributed by atoms with Crippen molar-refractivity contribution in [2.24, 2.45) is 11.8 Å². The van der Waals surface area contributed by atoms with Gasteiger partial charge in [0, 0.05) is 30.2 Å². The molecule has 138 valence electrons. The Hall–Kier alpha value is -2.74. The van der Waals surface area contributed by atoms with E-state index in [0.717, 1.165) is 13.1 Å². The normalized spacial score (nSPS) is 19.7. The maximum absolute atomic E-state index is 2.32. The van der Waals surface area contributed by atoms with Gasteiger partial charge in [0.05, 0.1) is 0 Å². The Morgan fingerprint density at radius 3 is 1.93 bits per heavy atom. The Morgan fingerprint density at radius 1 is 0.815 bits per heavy atom. The molecule has 27 heavy (non-hydrogen) atoms. The zero-order valence-electron chi connectivity index (χ0n) is 16.6. The van der Waals surface area contributed by atoms with E-state index in [1.165, 1.54) is 16.7 Å². The molecule has 2 nitrogen and oxygen atoms in total. The van der Waals surface area contributed by atoms with Crippen molar-refractivity contribution in [2.45, 2.75) is 33.9 Å². The summed E-state index contributed by atoms with van der Waals surface area (Å²) in [5.41, 5.74) is 3.86. The van der Waals surface area contributed by atoms with Crippen LogP contribution >= 0.6 is 0 Å². The van der Waals surface area contributed by atoms with Crippen molar-refractivity contribution in [2.75, 3.05) is 0 Å². The average Bonchev–Trinajstić information content (AvgIpc) is 2.73. The van der Waals surface area contributed by atoms with Gasteiger partial charge in [-0.15, -0.1) is 0 Å². The fraction of sp³-hybridized carbons (Fsp3) is 0.280. The predicted octanol–water partition coefficient (Wildman–Crippen LogP) is 4.78. The van der Waals surface area contributed by atoms with E-state index in [-0.39, 0.29) is 0 Å². The van der Waals surface area contributed by atoms with Crippen LogP contribution in [0.5, 0.6) is 0 Å². The Labute approximate surface area is 163 Å². The van der Waals surface area contributed by atoms with Crippen molar-refractivity contribution in [1.29, 1.82) is 0 Å². The number of aromatic nitrogens is 2. The average molecular weight is 359 g/mol. The van der Waals surface area contributed by atoms with Gasteiger partial charge in [0.25, 0.3) is 0 Å². The minimum Gasteiger partial charge on any atom is -0.205 e. The van der Waals surface area contributed by atoms with E-state index in [9.17, 15) is 0 Å². The van der Waals surface area contributed by atoms with Crippen LogP contribution in [0, 0.1) is 11.8 Å². The zero-order valence-corrected chi connectivity index (χ0v) is 16.6. The fourth-order valence-corrected chi connectivity index (χ4v) is 3.27. The smallest absolute Gasteiger partial charge is 0.169 e. The lowest BCUT2D eigenvalue weighted by atomic mass is 9.82. The highest BCUT2D eigenvalue weighted by Gasteiger charge is 2.17. The maximum atomic E-state index is 2.32. The molecule has 0 saturated carbocycles. The molecule has 0 amide bonds. The summed E-state index contributed by atoms with van der Waals surface area (Å²) in [4.78, 5) is 0. The van der Waals surface area contributed by atoms with Crippen LogP contribution in [-0.4, -0.2) is 0 Å². The Morgan fingerprint density at radius 2 is 1.37 bits per heavy atom. The van der Waals surface area contributed by atoms with E-state index < -0.39 is 0 Å². The molecule has 0 fully saturated rings. The Bertz CT molecular complexity index is 852. The maximum Gasteiger partial charge on any atom is 0.169 e. The summed E-state index contributed by atoms with van der Waals surface area (Å²) in [6.07, 6.45) is 24.3. The summed E-state index contributed by atoms with van der Waals surface area (Å²) < 4.78 is 4.35.